The van der Waals surface area contributed by atoms with Gasteiger partial charge in [-0.3, -0.25) is 0 Å². The first kappa shape index (κ1) is 82.8. The van der Waals surface area contributed by atoms with E-state index < -0.39 is 0 Å². The second kappa shape index (κ2) is 40.0. The lowest BCUT2D eigenvalue weighted by Gasteiger charge is -2.17. The Hall–Kier alpha value is -11.3. The molecular weight excluding hydrogens is 1520 g/mol. The number of phenolic OH excluding ortho intramolecular Hbond substituents is 3. The normalized spacial score (nSPS) is 12.1. The van der Waals surface area contributed by atoms with Crippen LogP contribution in [0.25, 0.3) is 155 Å². The molecule has 2 unspecified atom stereocenters. The minimum atomic E-state index is 0.107. The van der Waals surface area contributed by atoms with Gasteiger partial charge in [0.2, 0.25) is 0 Å². The minimum Gasteiger partial charge on any atom is -0.507 e. The van der Waals surface area contributed by atoms with E-state index in [4.69, 9.17) is 49.6 Å². The van der Waals surface area contributed by atoms with Crippen molar-refractivity contribution in [3.8, 4) is 91.3 Å². The van der Waals surface area contributed by atoms with Gasteiger partial charge in [-0.05, 0) is 178 Å². The summed E-state index contributed by atoms with van der Waals surface area (Å²) >= 11 is 5.02. The van der Waals surface area contributed by atoms with Crippen LogP contribution in [0.15, 0.2) is 258 Å². The third kappa shape index (κ3) is 19.4. The molecule has 0 aliphatic carbocycles. The molecule has 16 heteroatoms. The molecule has 119 heavy (non-hydrogen) atoms. The monoisotopic (exact) mass is 1630 g/mol. The van der Waals surface area contributed by atoms with E-state index in [-0.39, 0.29) is 17.2 Å². The molecule has 17 aromatic rings. The lowest BCUT2D eigenvalue weighted by atomic mass is 9.92. The SMILES string of the molecule is CCCCC(CC)COc1ccc(-c2nc(SCC(CC)CCCC)nc(-c3cc4c5ccccc5ccc4c4ccccc34)n2)c(O)c1.CCCCCCSc1nc(-c2ccccc2O)nc(-c2cc3ccccc3c3ccccc23)n1.CCCCCCSc1nc(-c2ccccc2O)nc(-c2ccc3ccc4cccc5ccc2c3c45)n1. The molecule has 3 heterocycles. The predicted molar refractivity (Wildman–Crippen MR) is 501 cm³/mol. The molecule has 17 rings (SSSR count). The molecule has 0 aliphatic heterocycles. The van der Waals surface area contributed by atoms with Crippen LogP contribution in [0.3, 0.4) is 0 Å². The number of thioether (sulfide) groups is 3. The van der Waals surface area contributed by atoms with E-state index in [1.807, 2.05) is 42.5 Å². The summed E-state index contributed by atoms with van der Waals surface area (Å²) in [6, 6.07) is 82.1. The van der Waals surface area contributed by atoms with E-state index in [0.29, 0.717) is 91.3 Å². The Bertz CT molecular complexity index is 6350. The first-order valence-corrected chi connectivity index (χ1v) is 45.6. The third-order valence-corrected chi connectivity index (χ3v) is 25.6. The Kier molecular flexibility index (Phi) is 27.8. The average Bonchev–Trinajstić information content (AvgIpc) is 0.726. The quantitative estimate of drug-likeness (QED) is 0.0205. The van der Waals surface area contributed by atoms with Crippen LogP contribution in [0, 0.1) is 11.8 Å². The van der Waals surface area contributed by atoms with Gasteiger partial charge < -0.3 is 20.1 Å². The Morgan fingerprint density at radius 3 is 1.24 bits per heavy atom. The molecule has 0 spiro atoms. The molecule has 0 fully saturated rings. The second-order valence-corrected chi connectivity index (χ2v) is 33.9. The number of hydrogen-bond acceptors (Lipinski definition) is 16. The Balaban J connectivity index is 0.000000142. The van der Waals surface area contributed by atoms with Crippen molar-refractivity contribution in [2.75, 3.05) is 23.9 Å². The molecule has 13 nitrogen and oxygen atoms in total. The number of nitrogens with zero attached hydrogens (tertiary/aromatic N) is 9. The third-order valence-electron chi connectivity index (χ3n) is 22.6. The van der Waals surface area contributed by atoms with Gasteiger partial charge in [-0.2, -0.15) is 0 Å². The molecular formula is C103H103N9O4S3. The largest absolute Gasteiger partial charge is 0.507 e. The van der Waals surface area contributed by atoms with E-state index in [1.165, 1.54) is 130 Å². The van der Waals surface area contributed by atoms with Gasteiger partial charge in [-0.15, -0.1) is 0 Å². The number of hydrogen-bond donors (Lipinski definition) is 3. The number of aromatic hydroxyl groups is 3. The zero-order valence-electron chi connectivity index (χ0n) is 68.9. The van der Waals surface area contributed by atoms with Crippen LogP contribution < -0.4 is 4.74 Å². The lowest BCUT2D eigenvalue weighted by Crippen LogP contribution is -2.11. The van der Waals surface area contributed by atoms with Gasteiger partial charge in [-0.25, -0.2) is 44.9 Å². The summed E-state index contributed by atoms with van der Waals surface area (Å²) in [5.74, 6) is 8.41. The van der Waals surface area contributed by atoms with Gasteiger partial charge in [0.1, 0.15) is 23.0 Å². The van der Waals surface area contributed by atoms with Crippen molar-refractivity contribution in [1.82, 2.24) is 44.9 Å². The summed E-state index contributed by atoms with van der Waals surface area (Å²) in [6.45, 7) is 14.0. The molecule has 0 aliphatic rings. The first-order valence-electron chi connectivity index (χ1n) is 42.6. The molecule has 0 bridgehead atoms. The van der Waals surface area contributed by atoms with E-state index in [9.17, 15) is 15.3 Å². The standard InChI is InChI=1S/C43H49N3O2S.C31H27N3OS.C29H27N3OS/c1-5-9-15-29(7-3)27-48-32-22-24-37(40(47)25-32)41-44-42(46-43(45-41)49-28-30(8-4)16-10-6-2)39-26-38-33-18-12-11-17-31(33)21-23-36(38)34-19-13-14-20-35(34)39;1-2-3-4-7-19-36-31-33-29(32-30(34-31)25-11-5-6-12-26(25)35)24-18-16-22-14-13-20-9-8-10-21-15-17-23(24)28(22)27(20)21;1-2-3-4-11-18-34-29-31-27(24-16-9-10-17-26(24)33)30-28(32-29)25-19-20-12-5-6-13-21(20)22-14-7-8-15-23(22)25/h11-14,17-26,29-30,47H,5-10,15-16,27-28H2,1-4H3;5-6,8-18,35H,2-4,7,19H2,1H3;5-10,12-17,19,33H,2-4,11,18H2,1H3. The fourth-order valence-corrected chi connectivity index (χ4v) is 18.7. The number of aromatic nitrogens is 9. The van der Waals surface area contributed by atoms with Crippen molar-refractivity contribution in [1.29, 1.82) is 0 Å². The average molecular weight is 1630 g/mol. The number of para-hydroxylation sites is 2. The molecule has 0 amide bonds. The molecule has 3 aromatic heterocycles. The Morgan fingerprint density at radius 1 is 0.277 bits per heavy atom. The number of benzene rings is 14. The van der Waals surface area contributed by atoms with Gasteiger partial charge in [0.25, 0.3) is 0 Å². The van der Waals surface area contributed by atoms with E-state index in [1.54, 1.807) is 59.6 Å². The van der Waals surface area contributed by atoms with Crippen LogP contribution in [-0.4, -0.2) is 84.0 Å². The van der Waals surface area contributed by atoms with Crippen molar-refractivity contribution < 1.29 is 20.1 Å². The number of ether oxygens (including phenoxy) is 1. The van der Waals surface area contributed by atoms with E-state index in [0.717, 1.165) is 93.0 Å². The number of rotatable bonds is 32. The summed E-state index contributed by atoms with van der Waals surface area (Å²) in [6.07, 6.45) is 19.0. The summed E-state index contributed by atoms with van der Waals surface area (Å²) < 4.78 is 6.16. The maximum absolute atomic E-state index is 11.4. The Labute approximate surface area is 710 Å². The highest BCUT2D eigenvalue weighted by molar-refractivity contribution is 7.99. The van der Waals surface area contributed by atoms with E-state index in [2.05, 4.69) is 217 Å². The molecule has 3 N–H and O–H groups in total. The maximum atomic E-state index is 11.4. The van der Waals surface area contributed by atoms with Crippen LogP contribution in [0.1, 0.15) is 144 Å². The van der Waals surface area contributed by atoms with Crippen molar-refractivity contribution in [2.24, 2.45) is 11.8 Å². The van der Waals surface area contributed by atoms with Crippen LogP contribution >= 0.6 is 35.3 Å². The molecule has 14 aromatic carbocycles. The molecule has 0 radical (unpaired) electrons. The summed E-state index contributed by atoms with van der Waals surface area (Å²) in [7, 11) is 0. The van der Waals surface area contributed by atoms with Gasteiger partial charge in [0.05, 0.1) is 23.3 Å². The van der Waals surface area contributed by atoms with E-state index >= 15 is 0 Å². The highest BCUT2D eigenvalue weighted by Crippen LogP contribution is 2.44. The zero-order chi connectivity index (χ0) is 82.0. The second-order valence-electron chi connectivity index (χ2n) is 30.8. The number of unbranched alkanes of at least 4 members (excludes halogenated alkanes) is 8. The van der Waals surface area contributed by atoms with Crippen molar-refractivity contribution >= 4 is 121 Å². The molecule has 2 atom stereocenters. The lowest BCUT2D eigenvalue weighted by molar-refractivity contribution is 0.232. The molecule has 0 saturated heterocycles. The van der Waals surface area contributed by atoms with Crippen molar-refractivity contribution in [3.63, 3.8) is 0 Å². The van der Waals surface area contributed by atoms with Crippen LogP contribution in [0.2, 0.25) is 0 Å². The summed E-state index contributed by atoms with van der Waals surface area (Å²) in [5, 5.41) is 53.4. The highest BCUT2D eigenvalue weighted by Gasteiger charge is 2.24. The van der Waals surface area contributed by atoms with Gasteiger partial charge in [0, 0.05) is 40.0 Å². The molecule has 602 valence electrons. The smallest absolute Gasteiger partial charge is 0.191 e. The fraction of sp³-hybridized carbons (Fsp3) is 0.272. The molecule has 0 saturated carbocycles. The minimum absolute atomic E-state index is 0.107. The predicted octanol–water partition coefficient (Wildman–Crippen LogP) is 28.6. The summed E-state index contributed by atoms with van der Waals surface area (Å²) in [5.41, 5.74) is 4.72. The topological polar surface area (TPSA) is 186 Å². The van der Waals surface area contributed by atoms with Crippen LogP contribution in [-0.2, 0) is 0 Å². The van der Waals surface area contributed by atoms with Crippen LogP contribution in [0.4, 0.5) is 0 Å². The zero-order valence-corrected chi connectivity index (χ0v) is 71.3. The number of phenols is 3. The Morgan fingerprint density at radius 2 is 0.681 bits per heavy atom. The van der Waals surface area contributed by atoms with Crippen LogP contribution in [0.5, 0.6) is 23.0 Å². The van der Waals surface area contributed by atoms with Crippen molar-refractivity contribution in [2.45, 2.75) is 160 Å². The highest BCUT2D eigenvalue weighted by atomic mass is 32.2. The first-order chi connectivity index (χ1) is 58.5. The number of fused-ring (bicyclic) bond motifs is 8. The van der Waals surface area contributed by atoms with Crippen molar-refractivity contribution in [3.05, 3.63) is 243 Å². The van der Waals surface area contributed by atoms with Gasteiger partial charge in [0.15, 0.2) is 50.4 Å². The maximum Gasteiger partial charge on any atom is 0.191 e. The fourth-order valence-electron chi connectivity index (χ4n) is 15.9. The van der Waals surface area contributed by atoms with Gasteiger partial charge >= 0.3 is 0 Å². The van der Waals surface area contributed by atoms with Gasteiger partial charge in [-0.1, -0.05) is 336 Å². The summed E-state index contributed by atoms with van der Waals surface area (Å²) in [4.78, 5) is 44.2.